The lowest BCUT2D eigenvalue weighted by Gasteiger charge is -2.32. The molecular weight excluding hydrogens is 340 g/mol. The molecule has 0 unspecified atom stereocenters. The predicted molar refractivity (Wildman–Crippen MR) is 101 cm³/mol. The lowest BCUT2D eigenvalue weighted by atomic mass is 10.1. The summed E-state index contributed by atoms with van der Waals surface area (Å²) in [6.07, 6.45) is 8.00. The molecule has 0 saturated heterocycles. The Bertz CT molecular complexity index is 1010. The van der Waals surface area contributed by atoms with Crippen LogP contribution in [-0.2, 0) is 19.4 Å². The fourth-order valence-electron chi connectivity index (χ4n) is 4.15. The van der Waals surface area contributed by atoms with E-state index in [9.17, 15) is 4.79 Å². The van der Waals surface area contributed by atoms with Crippen molar-refractivity contribution < 1.29 is 0 Å². The Morgan fingerprint density at radius 3 is 2.89 bits per heavy atom. The molecule has 0 fully saturated rings. The van der Waals surface area contributed by atoms with Crippen molar-refractivity contribution in [2.24, 2.45) is 5.92 Å². The number of anilines is 1. The summed E-state index contributed by atoms with van der Waals surface area (Å²) in [5.41, 5.74) is 3.82. The van der Waals surface area contributed by atoms with Gasteiger partial charge in [-0.05, 0) is 42.9 Å². The lowest BCUT2D eigenvalue weighted by molar-refractivity contribution is 0.476. The first-order valence-electron chi connectivity index (χ1n) is 9.34. The Balaban J connectivity index is 1.46. The SMILES string of the molecule is O=c1cc(-c2ccncn2)nc2n1CCCN2C[C@@H]1Cc2cccnc2C1. The molecule has 7 heteroatoms. The van der Waals surface area contributed by atoms with Crippen LogP contribution in [0, 0.1) is 5.92 Å². The predicted octanol–water partition coefficient (Wildman–Crippen LogP) is 1.72. The minimum Gasteiger partial charge on any atom is -0.342 e. The second kappa shape index (κ2) is 6.57. The molecule has 3 aromatic heterocycles. The summed E-state index contributed by atoms with van der Waals surface area (Å²) in [7, 11) is 0. The Morgan fingerprint density at radius 1 is 1.07 bits per heavy atom. The molecule has 0 radical (unpaired) electrons. The fraction of sp³-hybridized carbons (Fsp3) is 0.350. The van der Waals surface area contributed by atoms with E-state index in [0.717, 1.165) is 38.3 Å². The minimum atomic E-state index is -0.0188. The Morgan fingerprint density at radius 2 is 2.04 bits per heavy atom. The highest BCUT2D eigenvalue weighted by atomic mass is 16.1. The van der Waals surface area contributed by atoms with Gasteiger partial charge in [0.2, 0.25) is 5.95 Å². The molecule has 4 heterocycles. The van der Waals surface area contributed by atoms with Crippen molar-refractivity contribution in [2.45, 2.75) is 25.8 Å². The molecule has 1 aliphatic heterocycles. The molecule has 1 aliphatic carbocycles. The van der Waals surface area contributed by atoms with E-state index in [2.05, 4.69) is 25.9 Å². The van der Waals surface area contributed by atoms with Crippen LogP contribution >= 0.6 is 0 Å². The molecule has 2 aliphatic rings. The first-order valence-corrected chi connectivity index (χ1v) is 9.34. The van der Waals surface area contributed by atoms with Gasteiger partial charge >= 0.3 is 0 Å². The second-order valence-electron chi connectivity index (χ2n) is 7.21. The van der Waals surface area contributed by atoms with Crippen molar-refractivity contribution in [2.75, 3.05) is 18.0 Å². The van der Waals surface area contributed by atoms with E-state index in [4.69, 9.17) is 4.98 Å². The molecule has 7 nitrogen and oxygen atoms in total. The van der Waals surface area contributed by atoms with Gasteiger partial charge in [-0.1, -0.05) is 6.07 Å². The van der Waals surface area contributed by atoms with Crippen LogP contribution in [0.5, 0.6) is 0 Å². The third-order valence-electron chi connectivity index (χ3n) is 5.38. The van der Waals surface area contributed by atoms with E-state index in [0.29, 0.717) is 23.9 Å². The molecule has 136 valence electrons. The molecule has 1 atom stereocenters. The molecule has 5 rings (SSSR count). The molecule has 0 aromatic carbocycles. The highest BCUT2D eigenvalue weighted by Crippen LogP contribution is 2.28. The van der Waals surface area contributed by atoms with Gasteiger partial charge in [0.1, 0.15) is 6.33 Å². The maximum Gasteiger partial charge on any atom is 0.255 e. The summed E-state index contributed by atoms with van der Waals surface area (Å²) in [4.78, 5) is 32.4. The van der Waals surface area contributed by atoms with Crippen LogP contribution in [0.2, 0.25) is 0 Å². The maximum absolute atomic E-state index is 12.7. The molecule has 0 spiro atoms. The van der Waals surface area contributed by atoms with Gasteiger partial charge in [0.25, 0.3) is 5.56 Å². The van der Waals surface area contributed by atoms with E-state index in [1.54, 1.807) is 22.9 Å². The van der Waals surface area contributed by atoms with Crippen molar-refractivity contribution in [3.8, 4) is 11.4 Å². The number of aromatic nitrogens is 5. The Kier molecular flexibility index (Phi) is 3.92. The van der Waals surface area contributed by atoms with Gasteiger partial charge in [-0.3, -0.25) is 14.3 Å². The summed E-state index contributed by atoms with van der Waals surface area (Å²) >= 11 is 0. The maximum atomic E-state index is 12.7. The van der Waals surface area contributed by atoms with Crippen molar-refractivity contribution in [3.63, 3.8) is 0 Å². The molecule has 3 aromatic rings. The molecule has 0 saturated carbocycles. The average molecular weight is 360 g/mol. The van der Waals surface area contributed by atoms with E-state index >= 15 is 0 Å². The molecular formula is C20H20N6O. The van der Waals surface area contributed by atoms with Crippen LogP contribution in [0.4, 0.5) is 5.95 Å². The van der Waals surface area contributed by atoms with Crippen LogP contribution in [0.3, 0.4) is 0 Å². The summed E-state index contributed by atoms with van der Waals surface area (Å²) in [5.74, 6) is 1.26. The zero-order chi connectivity index (χ0) is 18.2. The Hall–Kier alpha value is -3.09. The number of pyridine rings is 1. The van der Waals surface area contributed by atoms with E-state index in [1.165, 1.54) is 17.6 Å². The first kappa shape index (κ1) is 16.1. The topological polar surface area (TPSA) is 76.8 Å². The normalized spacial score (nSPS) is 18.2. The smallest absolute Gasteiger partial charge is 0.255 e. The number of hydrogen-bond donors (Lipinski definition) is 0. The minimum absolute atomic E-state index is 0.0188. The Labute approximate surface area is 156 Å². The van der Waals surface area contributed by atoms with Gasteiger partial charge in [-0.2, -0.15) is 0 Å². The number of rotatable bonds is 3. The van der Waals surface area contributed by atoms with Crippen molar-refractivity contribution >= 4 is 5.95 Å². The number of fused-ring (bicyclic) bond motifs is 2. The van der Waals surface area contributed by atoms with Crippen LogP contribution in [0.25, 0.3) is 11.4 Å². The van der Waals surface area contributed by atoms with Gasteiger partial charge < -0.3 is 4.90 Å². The van der Waals surface area contributed by atoms with Gasteiger partial charge in [-0.25, -0.2) is 15.0 Å². The number of nitrogens with zero attached hydrogens (tertiary/aromatic N) is 6. The van der Waals surface area contributed by atoms with E-state index < -0.39 is 0 Å². The highest BCUT2D eigenvalue weighted by Gasteiger charge is 2.28. The highest BCUT2D eigenvalue weighted by molar-refractivity contribution is 5.55. The lowest BCUT2D eigenvalue weighted by Crippen LogP contribution is -2.41. The summed E-state index contributed by atoms with van der Waals surface area (Å²) in [6, 6.07) is 7.53. The van der Waals surface area contributed by atoms with Crippen LogP contribution < -0.4 is 10.5 Å². The quantitative estimate of drug-likeness (QED) is 0.708. The van der Waals surface area contributed by atoms with Gasteiger partial charge in [0, 0.05) is 43.8 Å². The van der Waals surface area contributed by atoms with E-state index in [-0.39, 0.29) is 5.56 Å². The summed E-state index contributed by atoms with van der Waals surface area (Å²) in [5, 5.41) is 0. The summed E-state index contributed by atoms with van der Waals surface area (Å²) in [6.45, 7) is 2.52. The third-order valence-corrected chi connectivity index (χ3v) is 5.38. The van der Waals surface area contributed by atoms with Gasteiger partial charge in [0.05, 0.1) is 11.4 Å². The van der Waals surface area contributed by atoms with Crippen molar-refractivity contribution in [3.05, 3.63) is 64.6 Å². The second-order valence-corrected chi connectivity index (χ2v) is 7.21. The van der Waals surface area contributed by atoms with Gasteiger partial charge in [-0.15, -0.1) is 0 Å². The molecule has 0 N–H and O–H groups in total. The average Bonchev–Trinajstić information content (AvgIpc) is 3.11. The van der Waals surface area contributed by atoms with Crippen LogP contribution in [0.1, 0.15) is 17.7 Å². The van der Waals surface area contributed by atoms with Crippen LogP contribution in [0.15, 0.2) is 47.8 Å². The first-order chi connectivity index (χ1) is 13.3. The van der Waals surface area contributed by atoms with Crippen LogP contribution in [-0.4, -0.2) is 37.6 Å². The molecule has 0 amide bonds. The van der Waals surface area contributed by atoms with Gasteiger partial charge in [0.15, 0.2) is 0 Å². The van der Waals surface area contributed by atoms with E-state index in [1.807, 2.05) is 12.3 Å². The standard InChI is InChI=1S/C20H20N6O/c27-19-11-18(16-4-6-21-13-23-16)24-20-25(7-2-8-26(19)20)12-14-9-15-3-1-5-22-17(15)10-14/h1,3-6,11,13-14H,2,7-10,12H2/t14-/m1/s1. The zero-order valence-electron chi connectivity index (χ0n) is 15.0. The zero-order valence-corrected chi connectivity index (χ0v) is 15.0. The summed E-state index contributed by atoms with van der Waals surface area (Å²) < 4.78 is 1.79. The number of hydrogen-bond acceptors (Lipinski definition) is 6. The fourth-order valence-corrected chi connectivity index (χ4v) is 4.15. The van der Waals surface area contributed by atoms with Crippen molar-refractivity contribution in [1.82, 2.24) is 24.5 Å². The monoisotopic (exact) mass is 360 g/mol. The molecule has 27 heavy (non-hydrogen) atoms. The molecule has 0 bridgehead atoms. The largest absolute Gasteiger partial charge is 0.342 e. The van der Waals surface area contributed by atoms with Crippen molar-refractivity contribution in [1.29, 1.82) is 0 Å². The third kappa shape index (κ3) is 2.99.